The second-order valence-electron chi connectivity index (χ2n) is 9.57. The van der Waals surface area contributed by atoms with E-state index in [-0.39, 0.29) is 23.2 Å². The summed E-state index contributed by atoms with van der Waals surface area (Å²) in [5.74, 6) is -0.762. The SMILES string of the molecule is CC(=O)OC1(C)C(OC(=O)C2(C)OC2C)CCC2(C)CC(=O)C(=C(C)C)CC21. The number of ether oxygens (including phenoxy) is 3. The molecule has 0 N–H and O–H groups in total. The molecule has 6 nitrogen and oxygen atoms in total. The van der Waals surface area contributed by atoms with Crippen molar-refractivity contribution in [3.8, 4) is 0 Å². The van der Waals surface area contributed by atoms with E-state index < -0.39 is 29.2 Å². The summed E-state index contributed by atoms with van der Waals surface area (Å²) in [5.41, 5.74) is -0.422. The monoisotopic (exact) mass is 392 g/mol. The first-order valence-electron chi connectivity index (χ1n) is 10.1. The molecule has 0 bridgehead atoms. The number of hydrogen-bond donors (Lipinski definition) is 0. The van der Waals surface area contributed by atoms with Gasteiger partial charge in [0.05, 0.1) is 6.10 Å². The molecule has 28 heavy (non-hydrogen) atoms. The molecule has 1 heterocycles. The number of rotatable bonds is 3. The Morgan fingerprint density at radius 3 is 2.25 bits per heavy atom. The Labute approximate surface area is 167 Å². The number of carbonyl (C=O) groups is 3. The van der Waals surface area contributed by atoms with Crippen molar-refractivity contribution in [2.45, 2.75) is 97.6 Å². The van der Waals surface area contributed by atoms with Crippen LogP contribution in [0.3, 0.4) is 0 Å². The minimum atomic E-state index is -0.996. The number of epoxide rings is 1. The average Bonchev–Trinajstić information content (AvgIpc) is 3.17. The zero-order valence-corrected chi connectivity index (χ0v) is 18.0. The number of allylic oxidation sites excluding steroid dienone is 2. The first-order chi connectivity index (χ1) is 12.8. The van der Waals surface area contributed by atoms with Crippen LogP contribution in [0.5, 0.6) is 0 Å². The third-order valence-corrected chi connectivity index (χ3v) is 7.22. The minimum Gasteiger partial charge on any atom is -0.456 e. The van der Waals surface area contributed by atoms with Gasteiger partial charge in [0.1, 0.15) is 11.7 Å². The molecule has 0 aromatic heterocycles. The van der Waals surface area contributed by atoms with Crippen molar-refractivity contribution in [2.24, 2.45) is 11.3 Å². The van der Waals surface area contributed by atoms with Crippen molar-refractivity contribution < 1.29 is 28.6 Å². The molecule has 3 fully saturated rings. The molecule has 6 heteroatoms. The fourth-order valence-electron chi connectivity index (χ4n) is 5.19. The third kappa shape index (κ3) is 3.30. The molecule has 0 radical (unpaired) electrons. The largest absolute Gasteiger partial charge is 0.456 e. The Kier molecular flexibility index (Phi) is 5.02. The van der Waals surface area contributed by atoms with E-state index in [2.05, 4.69) is 6.92 Å². The topological polar surface area (TPSA) is 82.2 Å². The van der Waals surface area contributed by atoms with Gasteiger partial charge in [-0.3, -0.25) is 9.59 Å². The second-order valence-corrected chi connectivity index (χ2v) is 9.57. The molecule has 3 aliphatic rings. The van der Waals surface area contributed by atoms with Crippen LogP contribution < -0.4 is 0 Å². The maximum Gasteiger partial charge on any atom is 0.341 e. The van der Waals surface area contributed by atoms with Gasteiger partial charge in [0, 0.05) is 19.3 Å². The van der Waals surface area contributed by atoms with Crippen molar-refractivity contribution in [3.63, 3.8) is 0 Å². The molecule has 6 atom stereocenters. The summed E-state index contributed by atoms with van der Waals surface area (Å²) < 4.78 is 17.2. The molecular formula is C22H32O6. The van der Waals surface area contributed by atoms with Crippen molar-refractivity contribution in [1.29, 1.82) is 0 Å². The predicted octanol–water partition coefficient (Wildman–Crippen LogP) is 3.51. The van der Waals surface area contributed by atoms with Crippen LogP contribution in [0.2, 0.25) is 0 Å². The van der Waals surface area contributed by atoms with Crippen LogP contribution in [0.25, 0.3) is 0 Å². The Bertz CT molecular complexity index is 750. The Hall–Kier alpha value is -1.69. The summed E-state index contributed by atoms with van der Waals surface area (Å²) >= 11 is 0. The number of fused-ring (bicyclic) bond motifs is 1. The molecule has 1 aliphatic heterocycles. The lowest BCUT2D eigenvalue weighted by Gasteiger charge is -2.56. The number of hydrogen-bond acceptors (Lipinski definition) is 6. The lowest BCUT2D eigenvalue weighted by molar-refractivity contribution is -0.219. The smallest absolute Gasteiger partial charge is 0.341 e. The molecule has 2 saturated carbocycles. The standard InChI is InChI=1S/C22H32O6/c1-12(2)15-10-17-20(5,11-16(15)24)9-8-18(22(17,7)28-14(4)23)26-19(25)21(6)13(3)27-21/h13,17-18H,8-11H2,1-7H3. The van der Waals surface area contributed by atoms with Crippen molar-refractivity contribution in [3.05, 3.63) is 11.1 Å². The van der Waals surface area contributed by atoms with E-state index in [1.165, 1.54) is 6.92 Å². The fraction of sp³-hybridized carbons (Fsp3) is 0.773. The first kappa shape index (κ1) is 21.0. The van der Waals surface area contributed by atoms with E-state index in [4.69, 9.17) is 14.2 Å². The minimum absolute atomic E-state index is 0.108. The summed E-state index contributed by atoms with van der Waals surface area (Å²) in [7, 11) is 0. The van der Waals surface area contributed by atoms with Gasteiger partial charge in [0.15, 0.2) is 11.4 Å². The average molecular weight is 392 g/mol. The molecule has 3 rings (SSSR count). The Morgan fingerprint density at radius 2 is 1.75 bits per heavy atom. The fourth-order valence-corrected chi connectivity index (χ4v) is 5.19. The summed E-state index contributed by atoms with van der Waals surface area (Å²) in [6.07, 6.45) is 1.49. The zero-order chi connectivity index (χ0) is 21.1. The number of ketones is 1. The maximum absolute atomic E-state index is 12.7. The zero-order valence-electron chi connectivity index (χ0n) is 18.0. The number of Topliss-reactive ketones (excluding diaryl/α,β-unsaturated/α-hetero) is 1. The normalized spacial score (nSPS) is 42.5. The molecule has 0 spiro atoms. The van der Waals surface area contributed by atoms with Crippen LogP contribution in [0.15, 0.2) is 11.1 Å². The molecule has 1 saturated heterocycles. The summed E-state index contributed by atoms with van der Waals surface area (Å²) in [5, 5.41) is 0. The highest BCUT2D eigenvalue weighted by Crippen LogP contribution is 2.57. The molecule has 0 aromatic rings. The van der Waals surface area contributed by atoms with Gasteiger partial charge < -0.3 is 14.2 Å². The second kappa shape index (κ2) is 6.68. The number of esters is 2. The Morgan fingerprint density at radius 1 is 1.14 bits per heavy atom. The van der Waals surface area contributed by atoms with Crippen LogP contribution in [0, 0.1) is 11.3 Å². The van der Waals surface area contributed by atoms with Gasteiger partial charge >= 0.3 is 11.9 Å². The highest BCUT2D eigenvalue weighted by molar-refractivity contribution is 5.97. The number of carbonyl (C=O) groups excluding carboxylic acids is 3. The van der Waals surface area contributed by atoms with Gasteiger partial charge in [-0.05, 0) is 64.9 Å². The van der Waals surface area contributed by atoms with Crippen LogP contribution in [-0.4, -0.2) is 41.1 Å². The van der Waals surface area contributed by atoms with Crippen molar-refractivity contribution >= 4 is 17.7 Å². The molecule has 2 aliphatic carbocycles. The molecular weight excluding hydrogens is 360 g/mol. The molecule has 156 valence electrons. The van der Waals surface area contributed by atoms with Gasteiger partial charge in [-0.15, -0.1) is 0 Å². The molecule has 6 unspecified atom stereocenters. The maximum atomic E-state index is 12.7. The lowest BCUT2D eigenvalue weighted by Crippen LogP contribution is -2.62. The summed E-state index contributed by atoms with van der Waals surface area (Å²) in [4.78, 5) is 37.4. The quantitative estimate of drug-likeness (QED) is 0.415. The van der Waals surface area contributed by atoms with Gasteiger partial charge in [-0.25, -0.2) is 4.79 Å². The van der Waals surface area contributed by atoms with Gasteiger partial charge in [-0.2, -0.15) is 0 Å². The lowest BCUT2D eigenvalue weighted by atomic mass is 9.53. The third-order valence-electron chi connectivity index (χ3n) is 7.22. The predicted molar refractivity (Wildman–Crippen MR) is 102 cm³/mol. The van der Waals surface area contributed by atoms with E-state index in [0.29, 0.717) is 19.3 Å². The highest BCUT2D eigenvalue weighted by atomic mass is 16.7. The van der Waals surface area contributed by atoms with E-state index in [0.717, 1.165) is 17.6 Å². The van der Waals surface area contributed by atoms with E-state index in [1.807, 2.05) is 27.7 Å². The van der Waals surface area contributed by atoms with Crippen molar-refractivity contribution in [2.75, 3.05) is 0 Å². The van der Waals surface area contributed by atoms with E-state index >= 15 is 0 Å². The van der Waals surface area contributed by atoms with Crippen LogP contribution in [-0.2, 0) is 28.6 Å². The molecule has 0 aromatic carbocycles. The van der Waals surface area contributed by atoms with Crippen LogP contribution in [0.1, 0.15) is 74.1 Å². The summed E-state index contributed by atoms with van der Waals surface area (Å²) in [6.45, 7) is 12.7. The highest BCUT2D eigenvalue weighted by Gasteiger charge is 2.63. The van der Waals surface area contributed by atoms with E-state index in [1.54, 1.807) is 6.92 Å². The van der Waals surface area contributed by atoms with Crippen molar-refractivity contribution in [1.82, 2.24) is 0 Å². The first-order valence-corrected chi connectivity index (χ1v) is 10.1. The molecule has 0 amide bonds. The van der Waals surface area contributed by atoms with Crippen LogP contribution in [0.4, 0.5) is 0 Å². The van der Waals surface area contributed by atoms with Crippen LogP contribution >= 0.6 is 0 Å². The van der Waals surface area contributed by atoms with Gasteiger partial charge in [-0.1, -0.05) is 12.5 Å². The van der Waals surface area contributed by atoms with Gasteiger partial charge in [0.25, 0.3) is 0 Å². The van der Waals surface area contributed by atoms with E-state index in [9.17, 15) is 14.4 Å². The Balaban J connectivity index is 1.95. The summed E-state index contributed by atoms with van der Waals surface area (Å²) in [6, 6.07) is 0. The van der Waals surface area contributed by atoms with Gasteiger partial charge in [0.2, 0.25) is 0 Å².